The standard InChI is InChI=1S/C12H28N.C4H8O2S/c1-5-9-13(10-6-2,11-7-3)12-8-4;1-7-3-2-4(5)6/h5-12H2,1-4H3;2-3H2,1H3,(H,5,6)/q+1;. The Morgan fingerprint density at radius 2 is 1.25 bits per heavy atom. The van der Waals surface area contributed by atoms with Gasteiger partial charge in [0.25, 0.3) is 0 Å². The molecule has 0 aromatic rings. The van der Waals surface area contributed by atoms with Crippen LogP contribution in [0.15, 0.2) is 0 Å². The van der Waals surface area contributed by atoms with Crippen molar-refractivity contribution in [2.75, 3.05) is 38.2 Å². The minimum Gasteiger partial charge on any atom is -0.481 e. The van der Waals surface area contributed by atoms with E-state index in [0.29, 0.717) is 0 Å². The van der Waals surface area contributed by atoms with E-state index >= 15 is 0 Å². The second-order valence-electron chi connectivity index (χ2n) is 5.37. The number of rotatable bonds is 11. The molecule has 0 fully saturated rings. The number of hydrogen-bond acceptors (Lipinski definition) is 2. The predicted molar refractivity (Wildman–Crippen MR) is 91.5 cm³/mol. The fourth-order valence-corrected chi connectivity index (χ4v) is 3.14. The van der Waals surface area contributed by atoms with Crippen molar-refractivity contribution in [3.63, 3.8) is 0 Å². The summed E-state index contributed by atoms with van der Waals surface area (Å²) in [6.07, 6.45) is 7.50. The Labute approximate surface area is 130 Å². The Bertz CT molecular complexity index is 193. The summed E-state index contributed by atoms with van der Waals surface area (Å²) < 4.78 is 1.38. The van der Waals surface area contributed by atoms with E-state index in [1.807, 2.05) is 6.26 Å². The van der Waals surface area contributed by atoms with Crippen molar-refractivity contribution in [2.24, 2.45) is 0 Å². The van der Waals surface area contributed by atoms with Crippen molar-refractivity contribution >= 4 is 17.7 Å². The monoisotopic (exact) mass is 306 g/mol. The minimum atomic E-state index is -0.714. The van der Waals surface area contributed by atoms with E-state index in [4.69, 9.17) is 5.11 Å². The first-order chi connectivity index (χ1) is 9.51. The number of carbonyl (C=O) groups is 1. The lowest BCUT2D eigenvalue weighted by Crippen LogP contribution is -2.50. The van der Waals surface area contributed by atoms with Crippen LogP contribution >= 0.6 is 11.8 Å². The molecule has 1 N–H and O–H groups in total. The normalized spacial score (nSPS) is 10.8. The number of carboxylic acids is 1. The van der Waals surface area contributed by atoms with E-state index in [1.54, 1.807) is 11.8 Å². The van der Waals surface area contributed by atoms with Crippen molar-refractivity contribution in [1.82, 2.24) is 0 Å². The summed E-state index contributed by atoms with van der Waals surface area (Å²) in [5.74, 6) is 0.00403. The average molecular weight is 307 g/mol. The molecule has 0 aromatic heterocycles. The lowest BCUT2D eigenvalue weighted by atomic mass is 10.2. The molecule has 0 aliphatic carbocycles. The maximum absolute atomic E-state index is 9.74. The van der Waals surface area contributed by atoms with Crippen LogP contribution in [0.1, 0.15) is 59.8 Å². The Kier molecular flexibility index (Phi) is 16.7. The molecule has 0 unspecified atom stereocenters. The smallest absolute Gasteiger partial charge is 0.304 e. The van der Waals surface area contributed by atoms with Gasteiger partial charge < -0.3 is 9.59 Å². The van der Waals surface area contributed by atoms with E-state index in [9.17, 15) is 4.79 Å². The molecular weight excluding hydrogens is 270 g/mol. The summed E-state index contributed by atoms with van der Waals surface area (Å²) >= 11 is 1.55. The number of nitrogens with zero attached hydrogens (tertiary/aromatic N) is 1. The summed E-state index contributed by atoms with van der Waals surface area (Å²) in [5.41, 5.74) is 0. The summed E-state index contributed by atoms with van der Waals surface area (Å²) in [6.45, 7) is 14.8. The van der Waals surface area contributed by atoms with Gasteiger partial charge in [-0.05, 0) is 31.9 Å². The van der Waals surface area contributed by atoms with E-state index in [-0.39, 0.29) is 6.42 Å². The third-order valence-corrected chi connectivity index (χ3v) is 3.92. The van der Waals surface area contributed by atoms with Crippen LogP contribution in [0.5, 0.6) is 0 Å². The van der Waals surface area contributed by atoms with Gasteiger partial charge in [-0.25, -0.2) is 0 Å². The summed E-state index contributed by atoms with van der Waals surface area (Å²) in [6, 6.07) is 0. The van der Waals surface area contributed by atoms with Crippen molar-refractivity contribution in [3.8, 4) is 0 Å². The molecule has 3 nitrogen and oxygen atoms in total. The second kappa shape index (κ2) is 15.2. The van der Waals surface area contributed by atoms with E-state index in [2.05, 4.69) is 27.7 Å². The van der Waals surface area contributed by atoms with Crippen LogP contribution in [-0.2, 0) is 4.79 Å². The number of hydrogen-bond donors (Lipinski definition) is 1. The molecule has 20 heavy (non-hydrogen) atoms. The van der Waals surface area contributed by atoms with Crippen molar-refractivity contribution < 1.29 is 14.4 Å². The van der Waals surface area contributed by atoms with E-state index < -0.39 is 5.97 Å². The van der Waals surface area contributed by atoms with Crippen LogP contribution in [0.4, 0.5) is 0 Å². The molecule has 0 spiro atoms. The highest BCUT2D eigenvalue weighted by atomic mass is 32.2. The van der Waals surface area contributed by atoms with Gasteiger partial charge in [0.2, 0.25) is 0 Å². The lowest BCUT2D eigenvalue weighted by Gasteiger charge is -2.38. The zero-order chi connectivity index (χ0) is 15.9. The molecule has 4 heteroatoms. The molecule has 0 aromatic carbocycles. The van der Waals surface area contributed by atoms with Gasteiger partial charge in [0.05, 0.1) is 32.6 Å². The van der Waals surface area contributed by atoms with Crippen molar-refractivity contribution in [1.29, 1.82) is 0 Å². The number of aliphatic carboxylic acids is 1. The largest absolute Gasteiger partial charge is 0.481 e. The van der Waals surface area contributed by atoms with Gasteiger partial charge in [-0.15, -0.1) is 0 Å². The molecule has 0 amide bonds. The van der Waals surface area contributed by atoms with Gasteiger partial charge in [-0.1, -0.05) is 27.7 Å². The Hall–Kier alpha value is -0.220. The third-order valence-electron chi connectivity index (χ3n) is 3.31. The Morgan fingerprint density at radius 3 is 1.40 bits per heavy atom. The zero-order valence-corrected chi connectivity index (χ0v) is 15.1. The second-order valence-corrected chi connectivity index (χ2v) is 6.36. The Balaban J connectivity index is 0. The molecule has 0 aliphatic heterocycles. The highest BCUT2D eigenvalue weighted by Gasteiger charge is 2.22. The molecule has 0 radical (unpaired) electrons. The van der Waals surface area contributed by atoms with Gasteiger partial charge in [0.1, 0.15) is 0 Å². The van der Waals surface area contributed by atoms with Gasteiger partial charge in [-0.2, -0.15) is 11.8 Å². The summed E-state index contributed by atoms with van der Waals surface area (Å²) in [5, 5.41) is 8.03. The van der Waals surface area contributed by atoms with Gasteiger partial charge in [0.15, 0.2) is 0 Å². The Morgan fingerprint density at radius 1 is 0.900 bits per heavy atom. The van der Waals surface area contributed by atoms with E-state index in [1.165, 1.54) is 56.3 Å². The van der Waals surface area contributed by atoms with Crippen LogP contribution in [0.2, 0.25) is 0 Å². The predicted octanol–water partition coefficient (Wildman–Crippen LogP) is 4.27. The topological polar surface area (TPSA) is 37.3 Å². The molecule has 0 atom stereocenters. The highest BCUT2D eigenvalue weighted by molar-refractivity contribution is 7.98. The number of quaternary nitrogens is 1. The molecule has 0 rings (SSSR count). The van der Waals surface area contributed by atoms with Crippen LogP contribution in [0.25, 0.3) is 0 Å². The van der Waals surface area contributed by atoms with Gasteiger partial charge in [-0.3, -0.25) is 4.79 Å². The first kappa shape index (κ1) is 22.1. The van der Waals surface area contributed by atoms with Crippen molar-refractivity contribution in [2.45, 2.75) is 59.8 Å². The first-order valence-corrected chi connectivity index (χ1v) is 9.47. The van der Waals surface area contributed by atoms with Crippen molar-refractivity contribution in [3.05, 3.63) is 0 Å². The maximum Gasteiger partial charge on any atom is 0.304 e. The van der Waals surface area contributed by atoms with Gasteiger partial charge in [0, 0.05) is 5.75 Å². The van der Waals surface area contributed by atoms with Crippen LogP contribution in [-0.4, -0.2) is 53.7 Å². The van der Waals surface area contributed by atoms with Crippen LogP contribution < -0.4 is 0 Å². The molecule has 0 saturated carbocycles. The van der Waals surface area contributed by atoms with E-state index in [0.717, 1.165) is 5.75 Å². The van der Waals surface area contributed by atoms with Gasteiger partial charge >= 0.3 is 5.97 Å². The number of thioether (sulfide) groups is 1. The average Bonchev–Trinajstić information content (AvgIpc) is 2.38. The maximum atomic E-state index is 9.74. The summed E-state index contributed by atoms with van der Waals surface area (Å²) in [4.78, 5) is 9.74. The molecule has 0 aliphatic rings. The number of carboxylic acid groups (broad SMARTS) is 1. The quantitative estimate of drug-likeness (QED) is 0.579. The molecule has 0 heterocycles. The van der Waals surface area contributed by atoms with Crippen LogP contribution in [0, 0.1) is 0 Å². The highest BCUT2D eigenvalue weighted by Crippen LogP contribution is 2.12. The molecule has 0 bridgehead atoms. The SMILES string of the molecule is CCC[N+](CCC)(CCC)CCC.CSCCC(=O)O. The minimum absolute atomic E-state index is 0.279. The molecule has 122 valence electrons. The fourth-order valence-electron chi connectivity index (χ4n) is 2.76. The third kappa shape index (κ3) is 12.8. The zero-order valence-electron chi connectivity index (χ0n) is 14.3. The molecular formula is C16H36NO2S+. The first-order valence-electron chi connectivity index (χ1n) is 8.07. The molecule has 0 saturated heterocycles. The van der Waals surface area contributed by atoms with Crippen LogP contribution in [0.3, 0.4) is 0 Å². The fraction of sp³-hybridized carbons (Fsp3) is 0.938. The summed E-state index contributed by atoms with van der Waals surface area (Å²) in [7, 11) is 0. The lowest BCUT2D eigenvalue weighted by molar-refractivity contribution is -0.928.